The van der Waals surface area contributed by atoms with Crippen LogP contribution in [-0.2, 0) is 20.5 Å². The molecule has 0 atom stereocenters. The predicted molar refractivity (Wildman–Crippen MR) is 115 cm³/mol. The van der Waals surface area contributed by atoms with Crippen molar-refractivity contribution in [3.8, 4) is 5.75 Å². The van der Waals surface area contributed by atoms with E-state index in [-0.39, 0.29) is 30.6 Å². The number of alkyl halides is 3. The summed E-state index contributed by atoms with van der Waals surface area (Å²) in [5.74, 6) is -0.423. The maximum absolute atomic E-state index is 13.1. The smallest absolute Gasteiger partial charge is 0.416 e. The van der Waals surface area contributed by atoms with Crippen molar-refractivity contribution in [3.05, 3.63) is 59.7 Å². The lowest BCUT2D eigenvalue weighted by atomic mass is 10.1. The number of amides is 2. The molecule has 1 saturated heterocycles. The van der Waals surface area contributed by atoms with Crippen LogP contribution in [0.1, 0.15) is 24.0 Å². The van der Waals surface area contributed by atoms with Gasteiger partial charge in [0.1, 0.15) is 12.4 Å². The zero-order valence-electron chi connectivity index (χ0n) is 17.4. The molecule has 0 radical (unpaired) electrons. The molecule has 0 saturated carbocycles. The van der Waals surface area contributed by atoms with Crippen molar-refractivity contribution in [1.82, 2.24) is 0 Å². The maximum Gasteiger partial charge on any atom is 0.416 e. The molecule has 0 aliphatic carbocycles. The average Bonchev–Trinajstić information content (AvgIpc) is 3.19. The number of halogens is 3. The van der Waals surface area contributed by atoms with E-state index < -0.39 is 17.6 Å². The topological polar surface area (TPSA) is 67.9 Å². The molecule has 0 bridgehead atoms. The number of carbonyl (C=O) groups excluding carboxylic acids is 2. The Morgan fingerprint density at radius 3 is 2.53 bits per heavy atom. The van der Waals surface area contributed by atoms with Crippen LogP contribution < -0.4 is 15.0 Å². The number of hydrogen-bond donors (Lipinski definition) is 1. The van der Waals surface area contributed by atoms with Crippen molar-refractivity contribution >= 4 is 29.3 Å². The first-order chi connectivity index (χ1) is 15.3. The second kappa shape index (κ2) is 10.3. The molecule has 6 nitrogen and oxygen atoms in total. The number of ether oxygens (including phenoxy) is 2. The predicted octanol–water partition coefficient (Wildman–Crippen LogP) is 4.51. The Hall–Kier alpha value is -3.33. The van der Waals surface area contributed by atoms with Crippen molar-refractivity contribution in [2.45, 2.75) is 19.0 Å². The number of benzene rings is 2. The van der Waals surface area contributed by atoms with E-state index in [9.17, 15) is 22.8 Å². The first kappa shape index (κ1) is 23.3. The van der Waals surface area contributed by atoms with Crippen LogP contribution in [0.4, 0.5) is 24.5 Å². The Morgan fingerprint density at radius 2 is 1.91 bits per heavy atom. The van der Waals surface area contributed by atoms with Crippen LogP contribution in [0.15, 0.2) is 48.5 Å². The van der Waals surface area contributed by atoms with Crippen LogP contribution in [0.25, 0.3) is 6.08 Å². The van der Waals surface area contributed by atoms with E-state index >= 15 is 0 Å². The number of carbonyl (C=O) groups is 2. The van der Waals surface area contributed by atoms with E-state index in [2.05, 4.69) is 5.32 Å². The zero-order chi connectivity index (χ0) is 23.1. The van der Waals surface area contributed by atoms with Crippen molar-refractivity contribution < 1.29 is 32.2 Å². The van der Waals surface area contributed by atoms with Crippen LogP contribution in [0.5, 0.6) is 5.75 Å². The summed E-state index contributed by atoms with van der Waals surface area (Å²) in [6.07, 6.45) is -0.445. The number of nitrogens with zero attached hydrogens (tertiary/aromatic N) is 1. The van der Waals surface area contributed by atoms with Gasteiger partial charge in [-0.1, -0.05) is 12.1 Å². The fourth-order valence-electron chi connectivity index (χ4n) is 3.20. The van der Waals surface area contributed by atoms with E-state index in [1.165, 1.54) is 19.3 Å². The van der Waals surface area contributed by atoms with Gasteiger partial charge < -0.3 is 19.7 Å². The van der Waals surface area contributed by atoms with Gasteiger partial charge in [0, 0.05) is 31.8 Å². The lowest BCUT2D eigenvalue weighted by Crippen LogP contribution is -2.23. The van der Waals surface area contributed by atoms with Gasteiger partial charge in [0.2, 0.25) is 11.8 Å². The second-order valence-corrected chi connectivity index (χ2v) is 7.11. The third kappa shape index (κ3) is 6.10. The number of nitrogens with one attached hydrogen (secondary N) is 1. The minimum Gasteiger partial charge on any atom is -0.489 e. The summed E-state index contributed by atoms with van der Waals surface area (Å²) in [5.41, 5.74) is 0.503. The molecule has 1 aliphatic rings. The van der Waals surface area contributed by atoms with Crippen molar-refractivity contribution in [1.29, 1.82) is 0 Å². The van der Waals surface area contributed by atoms with E-state index in [4.69, 9.17) is 9.47 Å². The average molecular weight is 448 g/mol. The summed E-state index contributed by atoms with van der Waals surface area (Å²) >= 11 is 0. The number of rotatable bonds is 8. The molecular weight excluding hydrogens is 425 g/mol. The Balaban J connectivity index is 1.69. The summed E-state index contributed by atoms with van der Waals surface area (Å²) in [4.78, 5) is 25.9. The highest BCUT2D eigenvalue weighted by atomic mass is 19.4. The first-order valence-electron chi connectivity index (χ1n) is 10.0. The SMILES string of the molecule is COCCOc1ccc(C(F)(F)F)cc1NC(=O)/C=C/c1ccc(N2CCCC2=O)cc1. The second-order valence-electron chi connectivity index (χ2n) is 7.11. The highest BCUT2D eigenvalue weighted by Gasteiger charge is 2.31. The van der Waals surface area contributed by atoms with Crippen LogP contribution in [0.3, 0.4) is 0 Å². The molecular formula is C23H23F3N2O4. The minimum atomic E-state index is -4.56. The highest BCUT2D eigenvalue weighted by molar-refractivity contribution is 6.03. The standard InChI is InChI=1S/C23H23F3N2O4/c1-31-13-14-32-20-10-7-17(23(24,25)26)15-19(20)27-21(29)11-6-16-4-8-18(9-5-16)28-12-2-3-22(28)30/h4-11,15H,2-3,12-14H2,1H3,(H,27,29)/b11-6+. The number of anilines is 2. The summed E-state index contributed by atoms with van der Waals surface area (Å²) in [5, 5.41) is 2.44. The van der Waals surface area contributed by atoms with Gasteiger partial charge in [0.15, 0.2) is 0 Å². The van der Waals surface area contributed by atoms with Gasteiger partial charge in [-0.05, 0) is 48.4 Å². The van der Waals surface area contributed by atoms with E-state index in [1.807, 2.05) is 0 Å². The van der Waals surface area contributed by atoms with Crippen molar-refractivity contribution in [2.24, 2.45) is 0 Å². The minimum absolute atomic E-state index is 0.0808. The molecule has 32 heavy (non-hydrogen) atoms. The first-order valence-corrected chi connectivity index (χ1v) is 10.0. The lowest BCUT2D eigenvalue weighted by molar-refractivity contribution is -0.137. The molecule has 2 aromatic carbocycles. The molecule has 9 heteroatoms. The van der Waals surface area contributed by atoms with E-state index in [1.54, 1.807) is 29.2 Å². The number of hydrogen-bond acceptors (Lipinski definition) is 4. The van der Waals surface area contributed by atoms with Gasteiger partial charge in [-0.2, -0.15) is 13.2 Å². The van der Waals surface area contributed by atoms with Gasteiger partial charge in [0.25, 0.3) is 0 Å². The quantitative estimate of drug-likeness (QED) is 0.477. The zero-order valence-corrected chi connectivity index (χ0v) is 17.4. The van der Waals surface area contributed by atoms with Gasteiger partial charge in [0.05, 0.1) is 17.9 Å². The maximum atomic E-state index is 13.1. The van der Waals surface area contributed by atoms with Gasteiger partial charge >= 0.3 is 6.18 Å². The van der Waals surface area contributed by atoms with Crippen LogP contribution in [-0.4, -0.2) is 38.7 Å². The summed E-state index contributed by atoms with van der Waals surface area (Å²) in [6.45, 7) is 1.04. The van der Waals surface area contributed by atoms with Crippen molar-refractivity contribution in [3.63, 3.8) is 0 Å². The van der Waals surface area contributed by atoms with E-state index in [0.29, 0.717) is 18.5 Å². The Kier molecular flexibility index (Phi) is 7.53. The molecule has 0 unspecified atom stereocenters. The normalized spacial score (nSPS) is 14.2. The molecule has 1 heterocycles. The van der Waals surface area contributed by atoms with Crippen molar-refractivity contribution in [2.75, 3.05) is 37.1 Å². The highest BCUT2D eigenvalue weighted by Crippen LogP contribution is 2.35. The largest absolute Gasteiger partial charge is 0.489 e. The Morgan fingerprint density at radius 1 is 1.16 bits per heavy atom. The van der Waals surface area contributed by atoms with E-state index in [0.717, 1.165) is 30.3 Å². The lowest BCUT2D eigenvalue weighted by Gasteiger charge is -2.15. The van der Waals surface area contributed by atoms with Gasteiger partial charge in [-0.15, -0.1) is 0 Å². The third-order valence-electron chi connectivity index (χ3n) is 4.82. The molecule has 0 spiro atoms. The molecule has 3 rings (SSSR count). The van der Waals surface area contributed by atoms with Crippen LogP contribution in [0.2, 0.25) is 0 Å². The molecule has 1 N–H and O–H groups in total. The summed E-state index contributed by atoms with van der Waals surface area (Å²) < 4.78 is 49.5. The fraction of sp³-hybridized carbons (Fsp3) is 0.304. The molecule has 1 fully saturated rings. The van der Waals surface area contributed by atoms with Gasteiger partial charge in [-0.25, -0.2) is 0 Å². The monoisotopic (exact) mass is 448 g/mol. The third-order valence-corrected chi connectivity index (χ3v) is 4.82. The molecule has 2 amide bonds. The molecule has 170 valence electrons. The number of methoxy groups -OCH3 is 1. The molecule has 2 aromatic rings. The molecule has 1 aliphatic heterocycles. The summed E-state index contributed by atoms with van der Waals surface area (Å²) in [6, 6.07) is 9.97. The molecule has 0 aromatic heterocycles. The fourth-order valence-corrected chi connectivity index (χ4v) is 3.20. The van der Waals surface area contributed by atoms with Gasteiger partial charge in [-0.3, -0.25) is 9.59 Å². The van der Waals surface area contributed by atoms with Crippen LogP contribution >= 0.6 is 0 Å². The van der Waals surface area contributed by atoms with Crippen LogP contribution in [0, 0.1) is 0 Å². The Labute approximate surface area is 183 Å². The summed E-state index contributed by atoms with van der Waals surface area (Å²) in [7, 11) is 1.47. The Bertz CT molecular complexity index is 988.